The van der Waals surface area contributed by atoms with E-state index < -0.39 is 0 Å². The van der Waals surface area contributed by atoms with Crippen LogP contribution < -0.4 is 11.1 Å². The summed E-state index contributed by atoms with van der Waals surface area (Å²) in [6, 6.07) is 0.412. The van der Waals surface area contributed by atoms with Gasteiger partial charge in [-0.1, -0.05) is 20.8 Å². The Morgan fingerprint density at radius 2 is 2.24 bits per heavy atom. The van der Waals surface area contributed by atoms with Gasteiger partial charge in [0, 0.05) is 12.6 Å². The summed E-state index contributed by atoms with van der Waals surface area (Å²) in [4.78, 5) is 13.8. The molecule has 2 unspecified atom stereocenters. The van der Waals surface area contributed by atoms with Crippen LogP contribution in [0.2, 0.25) is 0 Å². The van der Waals surface area contributed by atoms with Crippen LogP contribution in [0.3, 0.4) is 0 Å². The van der Waals surface area contributed by atoms with Crippen LogP contribution in [0.25, 0.3) is 0 Å². The summed E-state index contributed by atoms with van der Waals surface area (Å²) in [6.07, 6.45) is 3.51. The fourth-order valence-electron chi connectivity index (χ4n) is 2.64. The number of carbonyl (C=O) groups excluding carboxylic acids is 1. The molecule has 1 aliphatic rings. The first-order valence-corrected chi connectivity index (χ1v) is 6.83. The molecule has 0 aliphatic carbocycles. The predicted molar refractivity (Wildman–Crippen MR) is 70.7 cm³/mol. The van der Waals surface area contributed by atoms with Crippen LogP contribution >= 0.6 is 0 Å². The second kappa shape index (κ2) is 6.97. The lowest BCUT2D eigenvalue weighted by Crippen LogP contribution is -2.51. The van der Waals surface area contributed by atoms with Crippen LogP contribution in [-0.2, 0) is 4.79 Å². The molecule has 1 saturated heterocycles. The number of rotatable bonds is 7. The molecule has 4 nitrogen and oxygen atoms in total. The minimum Gasteiger partial charge on any atom is -0.368 e. The van der Waals surface area contributed by atoms with Crippen molar-refractivity contribution in [3.63, 3.8) is 0 Å². The van der Waals surface area contributed by atoms with Gasteiger partial charge in [0.1, 0.15) is 0 Å². The molecule has 4 heteroatoms. The third-order valence-electron chi connectivity index (χ3n) is 3.59. The monoisotopic (exact) mass is 241 g/mol. The SMILES string of the molecule is CCCNC(CN1CCCC1C(C)C)C(N)=O. The highest BCUT2D eigenvalue weighted by Crippen LogP contribution is 2.23. The van der Waals surface area contributed by atoms with Gasteiger partial charge in [-0.2, -0.15) is 0 Å². The fraction of sp³-hybridized carbons (Fsp3) is 0.923. The second-order valence-electron chi connectivity index (χ2n) is 5.36. The Kier molecular flexibility index (Phi) is 5.92. The van der Waals surface area contributed by atoms with E-state index in [4.69, 9.17) is 5.73 Å². The van der Waals surface area contributed by atoms with Crippen molar-refractivity contribution >= 4 is 5.91 Å². The van der Waals surface area contributed by atoms with E-state index in [1.807, 2.05) is 0 Å². The molecule has 1 heterocycles. The van der Waals surface area contributed by atoms with Crippen molar-refractivity contribution in [2.24, 2.45) is 11.7 Å². The number of nitrogens with one attached hydrogen (secondary N) is 1. The van der Waals surface area contributed by atoms with E-state index in [9.17, 15) is 4.79 Å². The zero-order valence-corrected chi connectivity index (χ0v) is 11.4. The van der Waals surface area contributed by atoms with Gasteiger partial charge in [-0.15, -0.1) is 0 Å². The van der Waals surface area contributed by atoms with Crippen LogP contribution in [0.5, 0.6) is 0 Å². The van der Waals surface area contributed by atoms with E-state index in [2.05, 4.69) is 31.0 Å². The van der Waals surface area contributed by atoms with E-state index in [1.54, 1.807) is 0 Å². The maximum absolute atomic E-state index is 11.4. The van der Waals surface area contributed by atoms with Crippen molar-refractivity contribution in [1.29, 1.82) is 0 Å². The number of nitrogens with two attached hydrogens (primary N) is 1. The zero-order chi connectivity index (χ0) is 12.8. The Morgan fingerprint density at radius 1 is 1.53 bits per heavy atom. The normalized spacial score (nSPS) is 23.2. The van der Waals surface area contributed by atoms with E-state index in [0.717, 1.165) is 26.1 Å². The van der Waals surface area contributed by atoms with Crippen molar-refractivity contribution < 1.29 is 4.79 Å². The molecule has 17 heavy (non-hydrogen) atoms. The van der Waals surface area contributed by atoms with E-state index >= 15 is 0 Å². The molecule has 1 amide bonds. The first kappa shape index (κ1) is 14.5. The third-order valence-corrected chi connectivity index (χ3v) is 3.59. The Morgan fingerprint density at radius 3 is 2.76 bits per heavy atom. The summed E-state index contributed by atoms with van der Waals surface area (Å²) in [6.45, 7) is 9.31. The summed E-state index contributed by atoms with van der Waals surface area (Å²) in [5.41, 5.74) is 5.45. The van der Waals surface area contributed by atoms with Crippen molar-refractivity contribution in [2.45, 2.75) is 52.1 Å². The largest absolute Gasteiger partial charge is 0.368 e. The molecular formula is C13H27N3O. The molecule has 3 N–H and O–H groups in total. The lowest BCUT2D eigenvalue weighted by atomic mass is 10.0. The minimum atomic E-state index is -0.229. The molecule has 0 aromatic heterocycles. The molecule has 0 radical (unpaired) electrons. The molecule has 100 valence electrons. The Bertz CT molecular complexity index is 243. The van der Waals surface area contributed by atoms with Gasteiger partial charge in [0.15, 0.2) is 0 Å². The first-order chi connectivity index (χ1) is 8.06. The third kappa shape index (κ3) is 4.28. The highest BCUT2D eigenvalue weighted by molar-refractivity contribution is 5.80. The summed E-state index contributed by atoms with van der Waals surface area (Å²) < 4.78 is 0. The Balaban J connectivity index is 2.50. The summed E-state index contributed by atoms with van der Waals surface area (Å²) in [5.74, 6) is 0.421. The van der Waals surface area contributed by atoms with Crippen molar-refractivity contribution in [3.05, 3.63) is 0 Å². The number of likely N-dealkylation sites (tertiary alicyclic amines) is 1. The Labute approximate surface area is 105 Å². The number of hydrogen-bond donors (Lipinski definition) is 2. The second-order valence-corrected chi connectivity index (χ2v) is 5.36. The lowest BCUT2D eigenvalue weighted by Gasteiger charge is -2.30. The lowest BCUT2D eigenvalue weighted by molar-refractivity contribution is -0.120. The van der Waals surface area contributed by atoms with Crippen molar-refractivity contribution in [3.8, 4) is 0 Å². The molecule has 2 atom stereocenters. The number of hydrogen-bond acceptors (Lipinski definition) is 3. The molecule has 0 aromatic rings. The molecule has 1 aliphatic heterocycles. The number of carbonyl (C=O) groups is 1. The minimum absolute atomic E-state index is 0.200. The van der Waals surface area contributed by atoms with Crippen LogP contribution in [0, 0.1) is 5.92 Å². The Hall–Kier alpha value is -0.610. The van der Waals surface area contributed by atoms with Gasteiger partial charge in [-0.05, 0) is 38.3 Å². The van der Waals surface area contributed by atoms with Crippen LogP contribution in [0.15, 0.2) is 0 Å². The topological polar surface area (TPSA) is 58.4 Å². The molecule has 0 aromatic carbocycles. The van der Waals surface area contributed by atoms with Gasteiger partial charge in [-0.25, -0.2) is 0 Å². The molecular weight excluding hydrogens is 214 g/mol. The standard InChI is InChI=1S/C13H27N3O/c1-4-7-15-11(13(14)17)9-16-8-5-6-12(16)10(2)3/h10-12,15H,4-9H2,1-3H3,(H2,14,17). The number of primary amides is 1. The summed E-state index contributed by atoms with van der Waals surface area (Å²) >= 11 is 0. The van der Waals surface area contributed by atoms with Crippen LogP contribution in [0.1, 0.15) is 40.0 Å². The van der Waals surface area contributed by atoms with E-state index in [0.29, 0.717) is 12.0 Å². The molecule has 1 rings (SSSR count). The maximum Gasteiger partial charge on any atom is 0.235 e. The predicted octanol–water partition coefficient (Wildman–Crippen LogP) is 0.960. The van der Waals surface area contributed by atoms with Gasteiger partial charge < -0.3 is 11.1 Å². The molecule has 0 saturated carbocycles. The fourth-order valence-corrected chi connectivity index (χ4v) is 2.64. The molecule has 1 fully saturated rings. The van der Waals surface area contributed by atoms with Gasteiger partial charge in [0.25, 0.3) is 0 Å². The van der Waals surface area contributed by atoms with Gasteiger partial charge in [-0.3, -0.25) is 9.69 Å². The smallest absolute Gasteiger partial charge is 0.235 e. The van der Waals surface area contributed by atoms with Crippen LogP contribution in [0.4, 0.5) is 0 Å². The summed E-state index contributed by atoms with van der Waals surface area (Å²) in [7, 11) is 0. The number of amides is 1. The van der Waals surface area contributed by atoms with Crippen molar-refractivity contribution in [1.82, 2.24) is 10.2 Å². The van der Waals surface area contributed by atoms with Gasteiger partial charge in [0.2, 0.25) is 5.91 Å². The average molecular weight is 241 g/mol. The van der Waals surface area contributed by atoms with Crippen molar-refractivity contribution in [2.75, 3.05) is 19.6 Å². The van der Waals surface area contributed by atoms with E-state index in [-0.39, 0.29) is 11.9 Å². The quantitative estimate of drug-likeness (QED) is 0.698. The highest BCUT2D eigenvalue weighted by Gasteiger charge is 2.30. The van der Waals surface area contributed by atoms with Crippen LogP contribution in [-0.4, -0.2) is 42.5 Å². The maximum atomic E-state index is 11.4. The molecule has 0 bridgehead atoms. The first-order valence-electron chi connectivity index (χ1n) is 6.83. The number of nitrogens with zero attached hydrogens (tertiary/aromatic N) is 1. The summed E-state index contributed by atoms with van der Waals surface area (Å²) in [5, 5.41) is 3.24. The molecule has 0 spiro atoms. The highest BCUT2D eigenvalue weighted by atomic mass is 16.1. The van der Waals surface area contributed by atoms with E-state index in [1.165, 1.54) is 12.8 Å². The van der Waals surface area contributed by atoms with Gasteiger partial charge in [0.05, 0.1) is 6.04 Å². The van der Waals surface area contributed by atoms with Gasteiger partial charge >= 0.3 is 0 Å². The average Bonchev–Trinajstić information content (AvgIpc) is 2.71. The zero-order valence-electron chi connectivity index (χ0n) is 11.4.